The quantitative estimate of drug-likeness (QED) is 0.568. The Balaban J connectivity index is 1.38. The Labute approximate surface area is 189 Å². The number of sulfonamides is 1. The summed E-state index contributed by atoms with van der Waals surface area (Å²) < 4.78 is 27.4. The molecule has 7 heteroatoms. The average Bonchev–Trinajstić information content (AvgIpc) is 2.81. The molecule has 1 atom stereocenters. The molecule has 1 amide bonds. The number of rotatable bonds is 6. The average molecular weight is 450 g/mol. The van der Waals surface area contributed by atoms with Crippen LogP contribution in [0.1, 0.15) is 18.4 Å². The number of piperidine rings is 1. The Bertz CT molecular complexity index is 1160. The molecular formula is C25H27N3O3S. The van der Waals surface area contributed by atoms with Crippen molar-refractivity contribution in [1.29, 1.82) is 0 Å². The lowest BCUT2D eigenvalue weighted by Gasteiger charge is -2.31. The number of carbonyl (C=O) groups is 1. The zero-order chi connectivity index (χ0) is 22.6. The standard InChI is InChI=1S/C25H27N3O3S/c1-19-9-15-24(16-10-19)32(30,31)28-17-5-6-20(18-28)25(29)27-23-13-11-22(12-14-23)26-21-7-3-2-4-8-21/h2-4,7-16,20,26H,5-6,17-18H2,1H3,(H,27,29)/t20-/m0/s1. The van der Waals surface area contributed by atoms with Crippen molar-refractivity contribution in [3.8, 4) is 0 Å². The molecule has 1 heterocycles. The predicted octanol–water partition coefficient (Wildman–Crippen LogP) is 4.78. The van der Waals surface area contributed by atoms with E-state index in [0.29, 0.717) is 25.1 Å². The van der Waals surface area contributed by atoms with Crippen LogP contribution in [0.4, 0.5) is 17.1 Å². The molecule has 0 aromatic heterocycles. The largest absolute Gasteiger partial charge is 0.356 e. The molecular weight excluding hydrogens is 422 g/mol. The van der Waals surface area contributed by atoms with Crippen LogP contribution in [0.5, 0.6) is 0 Å². The molecule has 0 aliphatic carbocycles. The first-order chi connectivity index (χ1) is 15.4. The number of anilines is 3. The van der Waals surface area contributed by atoms with Crippen LogP contribution in [-0.2, 0) is 14.8 Å². The maximum atomic E-state index is 13.0. The molecule has 1 aliphatic rings. The minimum atomic E-state index is -3.61. The van der Waals surface area contributed by atoms with Gasteiger partial charge in [-0.05, 0) is 68.3 Å². The fourth-order valence-corrected chi connectivity index (χ4v) is 5.33. The molecule has 1 aliphatic heterocycles. The van der Waals surface area contributed by atoms with E-state index in [4.69, 9.17) is 0 Å². The normalized spacial score (nSPS) is 17.0. The zero-order valence-corrected chi connectivity index (χ0v) is 18.8. The third-order valence-electron chi connectivity index (χ3n) is 5.63. The van der Waals surface area contributed by atoms with Crippen molar-refractivity contribution in [1.82, 2.24) is 4.31 Å². The monoisotopic (exact) mass is 449 g/mol. The first-order valence-corrected chi connectivity index (χ1v) is 12.2. The van der Waals surface area contributed by atoms with Gasteiger partial charge in [0.1, 0.15) is 0 Å². The van der Waals surface area contributed by atoms with E-state index in [-0.39, 0.29) is 23.3 Å². The molecule has 1 fully saturated rings. The summed E-state index contributed by atoms with van der Waals surface area (Å²) in [5.74, 6) is -0.538. The van der Waals surface area contributed by atoms with Gasteiger partial charge in [0.15, 0.2) is 0 Å². The highest BCUT2D eigenvalue weighted by atomic mass is 32.2. The van der Waals surface area contributed by atoms with E-state index in [1.54, 1.807) is 24.3 Å². The maximum Gasteiger partial charge on any atom is 0.243 e. The van der Waals surface area contributed by atoms with Gasteiger partial charge in [0.2, 0.25) is 15.9 Å². The van der Waals surface area contributed by atoms with Crippen molar-refractivity contribution < 1.29 is 13.2 Å². The summed E-state index contributed by atoms with van der Waals surface area (Å²) >= 11 is 0. The van der Waals surface area contributed by atoms with Crippen molar-refractivity contribution in [3.05, 3.63) is 84.4 Å². The van der Waals surface area contributed by atoms with Gasteiger partial charge in [-0.15, -0.1) is 0 Å². The Hall–Kier alpha value is -3.16. The van der Waals surface area contributed by atoms with E-state index < -0.39 is 10.0 Å². The molecule has 166 valence electrons. The SMILES string of the molecule is Cc1ccc(S(=O)(=O)N2CCC[C@H](C(=O)Nc3ccc(Nc4ccccc4)cc3)C2)cc1. The highest BCUT2D eigenvalue weighted by Gasteiger charge is 2.33. The minimum Gasteiger partial charge on any atom is -0.356 e. The number of para-hydroxylation sites is 1. The summed E-state index contributed by atoms with van der Waals surface area (Å²) in [7, 11) is -3.61. The number of carbonyl (C=O) groups excluding carboxylic acids is 1. The Kier molecular flexibility index (Phi) is 6.58. The van der Waals surface area contributed by atoms with Gasteiger partial charge in [-0.1, -0.05) is 35.9 Å². The lowest BCUT2D eigenvalue weighted by Crippen LogP contribution is -2.43. The number of aryl methyl sites for hydroxylation is 1. The summed E-state index contributed by atoms with van der Waals surface area (Å²) in [4.78, 5) is 13.1. The van der Waals surface area contributed by atoms with Crippen molar-refractivity contribution in [2.45, 2.75) is 24.7 Å². The van der Waals surface area contributed by atoms with Crippen LogP contribution in [0.2, 0.25) is 0 Å². The maximum absolute atomic E-state index is 13.0. The van der Waals surface area contributed by atoms with E-state index in [2.05, 4.69) is 10.6 Å². The Morgan fingerprint density at radius 3 is 2.19 bits per heavy atom. The van der Waals surface area contributed by atoms with Gasteiger partial charge < -0.3 is 10.6 Å². The van der Waals surface area contributed by atoms with Gasteiger partial charge in [-0.3, -0.25) is 4.79 Å². The van der Waals surface area contributed by atoms with Crippen LogP contribution >= 0.6 is 0 Å². The van der Waals surface area contributed by atoms with E-state index in [1.165, 1.54) is 4.31 Å². The van der Waals surface area contributed by atoms with Crippen LogP contribution in [0.3, 0.4) is 0 Å². The second-order valence-corrected chi connectivity index (χ2v) is 10.0. The third kappa shape index (κ3) is 5.18. The molecule has 0 radical (unpaired) electrons. The van der Waals surface area contributed by atoms with Gasteiger partial charge in [0.25, 0.3) is 0 Å². The van der Waals surface area contributed by atoms with E-state index >= 15 is 0 Å². The Morgan fingerprint density at radius 2 is 1.50 bits per heavy atom. The van der Waals surface area contributed by atoms with Crippen LogP contribution in [-0.4, -0.2) is 31.7 Å². The lowest BCUT2D eigenvalue weighted by atomic mass is 9.98. The summed E-state index contributed by atoms with van der Waals surface area (Å²) in [5.41, 5.74) is 3.60. The van der Waals surface area contributed by atoms with E-state index in [0.717, 1.165) is 16.9 Å². The van der Waals surface area contributed by atoms with Crippen molar-refractivity contribution in [3.63, 3.8) is 0 Å². The number of hydrogen-bond donors (Lipinski definition) is 2. The molecule has 32 heavy (non-hydrogen) atoms. The summed E-state index contributed by atoms with van der Waals surface area (Å²) in [5, 5.41) is 6.24. The first-order valence-electron chi connectivity index (χ1n) is 10.7. The molecule has 3 aromatic carbocycles. The van der Waals surface area contributed by atoms with Crippen LogP contribution in [0.15, 0.2) is 83.8 Å². The lowest BCUT2D eigenvalue weighted by molar-refractivity contribution is -0.120. The summed E-state index contributed by atoms with van der Waals surface area (Å²) in [6.45, 7) is 2.54. The van der Waals surface area contributed by atoms with Crippen molar-refractivity contribution in [2.24, 2.45) is 5.92 Å². The Morgan fingerprint density at radius 1 is 0.875 bits per heavy atom. The first kappa shape index (κ1) is 22.0. The second-order valence-electron chi connectivity index (χ2n) is 8.07. The molecule has 0 saturated carbocycles. The van der Waals surface area contributed by atoms with Gasteiger partial charge in [-0.2, -0.15) is 4.31 Å². The third-order valence-corrected chi connectivity index (χ3v) is 7.51. The molecule has 3 aromatic rings. The summed E-state index contributed by atoms with van der Waals surface area (Å²) in [6, 6.07) is 24.2. The van der Waals surface area contributed by atoms with Crippen molar-refractivity contribution in [2.75, 3.05) is 23.7 Å². The zero-order valence-electron chi connectivity index (χ0n) is 18.0. The topological polar surface area (TPSA) is 78.5 Å². The second kappa shape index (κ2) is 9.54. The predicted molar refractivity (Wildman–Crippen MR) is 127 cm³/mol. The van der Waals surface area contributed by atoms with E-state index in [9.17, 15) is 13.2 Å². The smallest absolute Gasteiger partial charge is 0.243 e. The van der Waals surface area contributed by atoms with Gasteiger partial charge >= 0.3 is 0 Å². The number of hydrogen-bond acceptors (Lipinski definition) is 4. The molecule has 2 N–H and O–H groups in total. The highest BCUT2D eigenvalue weighted by Crippen LogP contribution is 2.25. The molecule has 6 nitrogen and oxygen atoms in total. The highest BCUT2D eigenvalue weighted by molar-refractivity contribution is 7.89. The molecule has 1 saturated heterocycles. The van der Waals surface area contributed by atoms with Crippen LogP contribution in [0.25, 0.3) is 0 Å². The number of nitrogens with one attached hydrogen (secondary N) is 2. The van der Waals surface area contributed by atoms with Crippen LogP contribution in [0, 0.1) is 12.8 Å². The van der Waals surface area contributed by atoms with Crippen LogP contribution < -0.4 is 10.6 Å². The fraction of sp³-hybridized carbons (Fsp3) is 0.240. The molecule has 0 spiro atoms. The van der Waals surface area contributed by atoms with Crippen molar-refractivity contribution >= 4 is 33.0 Å². The van der Waals surface area contributed by atoms with Gasteiger partial charge in [-0.25, -0.2) is 8.42 Å². The number of nitrogens with zero attached hydrogens (tertiary/aromatic N) is 1. The molecule has 4 rings (SSSR count). The van der Waals surface area contributed by atoms with Gasteiger partial charge in [0.05, 0.1) is 10.8 Å². The minimum absolute atomic E-state index is 0.155. The number of amides is 1. The summed E-state index contributed by atoms with van der Waals surface area (Å²) in [6.07, 6.45) is 1.32. The van der Waals surface area contributed by atoms with Gasteiger partial charge in [0, 0.05) is 30.2 Å². The molecule has 0 bridgehead atoms. The fourth-order valence-electron chi connectivity index (χ4n) is 3.80. The van der Waals surface area contributed by atoms with E-state index in [1.807, 2.05) is 61.5 Å². The number of benzene rings is 3. The molecule has 0 unspecified atom stereocenters.